The van der Waals surface area contributed by atoms with Crippen LogP contribution in [0.25, 0.3) is 10.9 Å². The second-order valence-corrected chi connectivity index (χ2v) is 6.21. The van der Waals surface area contributed by atoms with Crippen molar-refractivity contribution in [2.75, 3.05) is 10.6 Å². The molecule has 124 valence electrons. The fraction of sp³-hybridized carbons (Fsp3) is 0.150. The van der Waals surface area contributed by atoms with Crippen molar-refractivity contribution in [1.82, 2.24) is 4.98 Å². The highest BCUT2D eigenvalue weighted by atomic mass is 16.2. The number of carbonyl (C=O) groups is 2. The lowest BCUT2D eigenvalue weighted by Gasteiger charge is -2.08. The van der Waals surface area contributed by atoms with E-state index in [2.05, 4.69) is 15.6 Å². The van der Waals surface area contributed by atoms with Crippen LogP contribution in [0.3, 0.4) is 0 Å². The highest BCUT2D eigenvalue weighted by Crippen LogP contribution is 2.30. The summed E-state index contributed by atoms with van der Waals surface area (Å²) in [6.07, 6.45) is 3.57. The molecule has 0 aliphatic heterocycles. The number of nitrogens with zero attached hydrogens (tertiary/aromatic N) is 1. The number of aromatic nitrogens is 1. The van der Waals surface area contributed by atoms with Gasteiger partial charge in [0, 0.05) is 22.6 Å². The van der Waals surface area contributed by atoms with Crippen LogP contribution >= 0.6 is 0 Å². The van der Waals surface area contributed by atoms with E-state index in [1.807, 2.05) is 30.3 Å². The number of anilines is 2. The van der Waals surface area contributed by atoms with Crippen LogP contribution in [0, 0.1) is 5.92 Å². The zero-order valence-electron chi connectivity index (χ0n) is 13.5. The van der Waals surface area contributed by atoms with Crippen LogP contribution in [0.15, 0.2) is 60.8 Å². The molecule has 25 heavy (non-hydrogen) atoms. The summed E-state index contributed by atoms with van der Waals surface area (Å²) in [5.41, 5.74) is 2.77. The molecule has 0 bridgehead atoms. The normalized spacial score (nSPS) is 13.4. The number of pyridine rings is 1. The van der Waals surface area contributed by atoms with Gasteiger partial charge in [0.1, 0.15) is 0 Å². The van der Waals surface area contributed by atoms with Gasteiger partial charge in [0.2, 0.25) is 5.91 Å². The first-order chi connectivity index (χ1) is 12.2. The predicted molar refractivity (Wildman–Crippen MR) is 97.5 cm³/mol. The second kappa shape index (κ2) is 6.36. The number of rotatable bonds is 4. The molecule has 1 aliphatic carbocycles. The number of hydrogen-bond donors (Lipinski definition) is 2. The zero-order valence-corrected chi connectivity index (χ0v) is 13.5. The summed E-state index contributed by atoms with van der Waals surface area (Å²) in [6.45, 7) is 0. The van der Waals surface area contributed by atoms with Gasteiger partial charge in [-0.15, -0.1) is 0 Å². The number of para-hydroxylation sites is 1. The molecule has 5 nitrogen and oxygen atoms in total. The van der Waals surface area contributed by atoms with Gasteiger partial charge in [-0.1, -0.05) is 18.2 Å². The van der Waals surface area contributed by atoms with E-state index < -0.39 is 0 Å². The maximum absolute atomic E-state index is 12.4. The van der Waals surface area contributed by atoms with Gasteiger partial charge in [0.05, 0.1) is 17.4 Å². The molecule has 1 aliphatic rings. The maximum Gasteiger partial charge on any atom is 0.255 e. The lowest BCUT2D eigenvalue weighted by atomic mass is 10.1. The average Bonchev–Trinajstić information content (AvgIpc) is 3.47. The van der Waals surface area contributed by atoms with E-state index in [1.54, 1.807) is 30.5 Å². The van der Waals surface area contributed by atoms with Gasteiger partial charge in [-0.05, 0) is 49.2 Å². The van der Waals surface area contributed by atoms with Gasteiger partial charge in [-0.3, -0.25) is 14.6 Å². The molecule has 0 unspecified atom stereocenters. The van der Waals surface area contributed by atoms with Crippen LogP contribution in [-0.2, 0) is 4.79 Å². The van der Waals surface area contributed by atoms with Crippen molar-refractivity contribution < 1.29 is 9.59 Å². The molecule has 3 aromatic rings. The smallest absolute Gasteiger partial charge is 0.255 e. The van der Waals surface area contributed by atoms with Crippen molar-refractivity contribution in [1.29, 1.82) is 0 Å². The molecule has 4 rings (SSSR count). The van der Waals surface area contributed by atoms with Gasteiger partial charge in [0.15, 0.2) is 0 Å². The fourth-order valence-electron chi connectivity index (χ4n) is 2.64. The first kappa shape index (κ1) is 15.3. The van der Waals surface area contributed by atoms with Gasteiger partial charge in [-0.2, -0.15) is 0 Å². The van der Waals surface area contributed by atoms with Gasteiger partial charge in [0.25, 0.3) is 5.91 Å². The van der Waals surface area contributed by atoms with E-state index in [0.29, 0.717) is 16.9 Å². The molecule has 1 heterocycles. The van der Waals surface area contributed by atoms with E-state index >= 15 is 0 Å². The maximum atomic E-state index is 12.4. The predicted octanol–water partition coefficient (Wildman–Crippen LogP) is 3.84. The Morgan fingerprint density at radius 3 is 2.44 bits per heavy atom. The summed E-state index contributed by atoms with van der Waals surface area (Å²) < 4.78 is 0. The largest absolute Gasteiger partial charge is 0.326 e. The topological polar surface area (TPSA) is 71.1 Å². The minimum Gasteiger partial charge on any atom is -0.326 e. The third-order valence-corrected chi connectivity index (χ3v) is 4.21. The van der Waals surface area contributed by atoms with Crippen LogP contribution in [0.1, 0.15) is 23.2 Å². The summed E-state index contributed by atoms with van der Waals surface area (Å²) in [6, 6.07) is 16.5. The Kier molecular flexibility index (Phi) is 3.90. The minimum atomic E-state index is -0.211. The van der Waals surface area contributed by atoms with E-state index in [1.165, 1.54) is 0 Å². The first-order valence-corrected chi connectivity index (χ1v) is 8.26. The van der Waals surface area contributed by atoms with Crippen molar-refractivity contribution in [3.8, 4) is 0 Å². The third-order valence-electron chi connectivity index (χ3n) is 4.21. The van der Waals surface area contributed by atoms with Crippen LogP contribution in [0.2, 0.25) is 0 Å². The summed E-state index contributed by atoms with van der Waals surface area (Å²) in [4.78, 5) is 28.5. The number of amides is 2. The van der Waals surface area contributed by atoms with Crippen molar-refractivity contribution >= 4 is 34.1 Å². The Labute approximate surface area is 145 Å². The molecular formula is C20H17N3O2. The van der Waals surface area contributed by atoms with Crippen LogP contribution in [0.4, 0.5) is 11.4 Å². The molecule has 0 saturated heterocycles. The zero-order chi connectivity index (χ0) is 17.2. The van der Waals surface area contributed by atoms with Crippen molar-refractivity contribution in [3.05, 3.63) is 66.4 Å². The lowest BCUT2D eigenvalue weighted by Crippen LogP contribution is -2.14. The molecule has 0 atom stereocenters. The highest BCUT2D eigenvalue weighted by molar-refractivity contribution is 6.05. The van der Waals surface area contributed by atoms with Gasteiger partial charge >= 0.3 is 0 Å². The number of nitrogens with one attached hydrogen (secondary N) is 2. The molecule has 2 N–H and O–H groups in total. The molecule has 2 amide bonds. The molecule has 0 spiro atoms. The van der Waals surface area contributed by atoms with E-state index in [9.17, 15) is 9.59 Å². The summed E-state index contributed by atoms with van der Waals surface area (Å²) in [5, 5.41) is 6.68. The average molecular weight is 331 g/mol. The lowest BCUT2D eigenvalue weighted by molar-refractivity contribution is -0.117. The Bertz CT molecular complexity index is 947. The Morgan fingerprint density at radius 2 is 1.68 bits per heavy atom. The second-order valence-electron chi connectivity index (χ2n) is 6.21. The monoisotopic (exact) mass is 331 g/mol. The molecule has 1 fully saturated rings. The quantitative estimate of drug-likeness (QED) is 0.763. The van der Waals surface area contributed by atoms with Crippen LogP contribution in [-0.4, -0.2) is 16.8 Å². The summed E-state index contributed by atoms with van der Waals surface area (Å²) in [7, 11) is 0. The summed E-state index contributed by atoms with van der Waals surface area (Å²) >= 11 is 0. The molecule has 0 radical (unpaired) electrons. The standard InChI is InChI=1S/C20H17N3O2/c24-19(13-5-6-13)22-16-9-7-14(8-10-16)20(25)23-17-11-15-3-1-2-4-18(15)21-12-17/h1-4,7-13H,5-6H2,(H,22,24)(H,23,25). The Morgan fingerprint density at radius 1 is 0.920 bits per heavy atom. The Balaban J connectivity index is 1.45. The highest BCUT2D eigenvalue weighted by Gasteiger charge is 2.29. The van der Waals surface area contributed by atoms with E-state index in [4.69, 9.17) is 0 Å². The Hall–Kier alpha value is -3.21. The van der Waals surface area contributed by atoms with E-state index in [0.717, 1.165) is 23.7 Å². The van der Waals surface area contributed by atoms with Crippen molar-refractivity contribution in [3.63, 3.8) is 0 Å². The minimum absolute atomic E-state index is 0.0550. The number of fused-ring (bicyclic) bond motifs is 1. The van der Waals surface area contributed by atoms with Crippen LogP contribution < -0.4 is 10.6 Å². The number of carbonyl (C=O) groups excluding carboxylic acids is 2. The molecular weight excluding hydrogens is 314 g/mol. The third kappa shape index (κ3) is 3.50. The van der Waals surface area contributed by atoms with Crippen molar-refractivity contribution in [2.45, 2.75) is 12.8 Å². The fourth-order valence-corrected chi connectivity index (χ4v) is 2.64. The number of benzene rings is 2. The first-order valence-electron chi connectivity index (χ1n) is 8.26. The van der Waals surface area contributed by atoms with Gasteiger partial charge < -0.3 is 10.6 Å². The van der Waals surface area contributed by atoms with Gasteiger partial charge in [-0.25, -0.2) is 0 Å². The summed E-state index contributed by atoms with van der Waals surface area (Å²) in [5.74, 6) is -0.0000289. The molecule has 1 aromatic heterocycles. The van der Waals surface area contributed by atoms with Crippen LogP contribution in [0.5, 0.6) is 0 Å². The van der Waals surface area contributed by atoms with E-state index in [-0.39, 0.29) is 17.7 Å². The molecule has 5 heteroatoms. The molecule has 2 aromatic carbocycles. The molecule has 1 saturated carbocycles. The number of hydrogen-bond acceptors (Lipinski definition) is 3. The SMILES string of the molecule is O=C(Nc1cnc2ccccc2c1)c1ccc(NC(=O)C2CC2)cc1. The van der Waals surface area contributed by atoms with Crippen molar-refractivity contribution in [2.24, 2.45) is 5.92 Å².